The molecule has 1 aromatic carbocycles. The van der Waals surface area contributed by atoms with E-state index in [4.69, 9.17) is 5.26 Å². The van der Waals surface area contributed by atoms with E-state index in [9.17, 15) is 13.2 Å². The maximum Gasteiger partial charge on any atom is 0.209 e. The predicted octanol–water partition coefficient (Wildman–Crippen LogP) is 3.30. The van der Waals surface area contributed by atoms with Gasteiger partial charge in [-0.3, -0.25) is 4.79 Å². The van der Waals surface area contributed by atoms with Crippen LogP contribution >= 0.6 is 0 Å². The van der Waals surface area contributed by atoms with Crippen LogP contribution in [0.2, 0.25) is 0 Å². The van der Waals surface area contributed by atoms with E-state index >= 15 is 0 Å². The monoisotopic (exact) mass is 356 g/mol. The Morgan fingerprint density at radius 2 is 1.96 bits per heavy atom. The Hall–Kier alpha value is -2.39. The fourth-order valence-corrected chi connectivity index (χ4v) is 4.64. The van der Waals surface area contributed by atoms with E-state index in [2.05, 4.69) is 6.07 Å². The van der Waals surface area contributed by atoms with Crippen molar-refractivity contribution in [2.45, 2.75) is 43.5 Å². The third kappa shape index (κ3) is 3.24. The molecule has 1 aromatic heterocycles. The predicted molar refractivity (Wildman–Crippen MR) is 94.2 cm³/mol. The van der Waals surface area contributed by atoms with E-state index in [1.165, 1.54) is 12.1 Å². The minimum Gasteiger partial charge on any atom is -0.341 e. The van der Waals surface area contributed by atoms with Crippen molar-refractivity contribution in [3.05, 3.63) is 53.3 Å². The molecule has 1 atom stereocenters. The standard InChI is InChI=1S/C19H20N2O3S/c1-2-3-12-25(23,24)16-6-4-14(5-7-16)19(22)18-9-8-17-15(13-20)10-11-21(17)18/h4-9,15H,2-3,10-12H2,1H3. The first-order valence-corrected chi connectivity index (χ1v) is 10.1. The molecule has 1 aliphatic rings. The van der Waals surface area contributed by atoms with Crippen LogP contribution < -0.4 is 0 Å². The topological polar surface area (TPSA) is 79.9 Å². The van der Waals surface area contributed by atoms with Crippen molar-refractivity contribution in [1.82, 2.24) is 4.57 Å². The summed E-state index contributed by atoms with van der Waals surface area (Å²) in [5.41, 5.74) is 1.88. The molecule has 1 aliphatic heterocycles. The van der Waals surface area contributed by atoms with Crippen LogP contribution in [0, 0.1) is 11.3 Å². The van der Waals surface area contributed by atoms with Gasteiger partial charge in [0.2, 0.25) is 5.78 Å². The van der Waals surface area contributed by atoms with Gasteiger partial charge in [0.1, 0.15) is 0 Å². The van der Waals surface area contributed by atoms with Crippen LogP contribution in [0.4, 0.5) is 0 Å². The van der Waals surface area contributed by atoms with Gasteiger partial charge in [-0.25, -0.2) is 8.42 Å². The number of carbonyl (C=O) groups excluding carboxylic acids is 1. The second kappa shape index (κ2) is 6.85. The first kappa shape index (κ1) is 17.4. The molecular formula is C19H20N2O3S. The zero-order valence-corrected chi connectivity index (χ0v) is 14.9. The highest BCUT2D eigenvalue weighted by atomic mass is 32.2. The van der Waals surface area contributed by atoms with Gasteiger partial charge in [0.05, 0.1) is 28.3 Å². The van der Waals surface area contributed by atoms with Gasteiger partial charge in [0.25, 0.3) is 0 Å². The van der Waals surface area contributed by atoms with Gasteiger partial charge in [-0.1, -0.05) is 13.3 Å². The largest absolute Gasteiger partial charge is 0.341 e. The van der Waals surface area contributed by atoms with Crippen LogP contribution in [-0.4, -0.2) is 24.5 Å². The molecule has 0 N–H and O–H groups in total. The molecule has 0 aliphatic carbocycles. The van der Waals surface area contributed by atoms with Gasteiger partial charge in [0.15, 0.2) is 9.84 Å². The summed E-state index contributed by atoms with van der Waals surface area (Å²) in [5, 5.41) is 9.14. The summed E-state index contributed by atoms with van der Waals surface area (Å²) in [6.45, 7) is 2.61. The molecular weight excluding hydrogens is 336 g/mol. The third-order valence-electron chi connectivity index (χ3n) is 4.64. The highest BCUT2D eigenvalue weighted by Gasteiger charge is 2.27. The summed E-state index contributed by atoms with van der Waals surface area (Å²) in [7, 11) is -3.29. The quantitative estimate of drug-likeness (QED) is 0.744. The number of aromatic nitrogens is 1. The molecule has 0 spiro atoms. The number of fused-ring (bicyclic) bond motifs is 1. The number of nitrogens with zero attached hydrogens (tertiary/aromatic N) is 2. The Bertz CT molecular complexity index is 934. The van der Waals surface area contributed by atoms with Crippen molar-refractivity contribution < 1.29 is 13.2 Å². The molecule has 2 aromatic rings. The average molecular weight is 356 g/mol. The van der Waals surface area contributed by atoms with E-state index < -0.39 is 9.84 Å². The van der Waals surface area contributed by atoms with Crippen molar-refractivity contribution in [2.75, 3.05) is 5.75 Å². The molecule has 6 heteroatoms. The Labute approximate surface area is 147 Å². The molecule has 3 rings (SSSR count). The lowest BCUT2D eigenvalue weighted by atomic mass is 10.1. The molecule has 0 saturated heterocycles. The first-order chi connectivity index (χ1) is 12.0. The van der Waals surface area contributed by atoms with Crippen molar-refractivity contribution in [1.29, 1.82) is 5.26 Å². The second-order valence-electron chi connectivity index (χ2n) is 6.29. The number of carbonyl (C=O) groups is 1. The summed E-state index contributed by atoms with van der Waals surface area (Å²) in [4.78, 5) is 13.0. The van der Waals surface area contributed by atoms with E-state index in [1.54, 1.807) is 18.2 Å². The molecule has 0 radical (unpaired) electrons. The molecule has 2 heterocycles. The van der Waals surface area contributed by atoms with Crippen LogP contribution in [-0.2, 0) is 16.4 Å². The number of hydrogen-bond donors (Lipinski definition) is 0. The fourth-order valence-electron chi connectivity index (χ4n) is 3.19. The molecule has 0 amide bonds. The van der Waals surface area contributed by atoms with Crippen LogP contribution in [0.3, 0.4) is 0 Å². The van der Waals surface area contributed by atoms with Crippen molar-refractivity contribution in [3.63, 3.8) is 0 Å². The third-order valence-corrected chi connectivity index (χ3v) is 6.46. The van der Waals surface area contributed by atoms with Crippen LogP contribution in [0.5, 0.6) is 0 Å². The number of unbranched alkanes of at least 4 members (excludes halogenated alkanes) is 1. The summed E-state index contributed by atoms with van der Waals surface area (Å²) in [5.74, 6) is -0.187. The van der Waals surface area contributed by atoms with Gasteiger partial charge >= 0.3 is 0 Å². The van der Waals surface area contributed by atoms with E-state index in [1.807, 2.05) is 17.6 Å². The average Bonchev–Trinajstić information content (AvgIpc) is 3.21. The number of benzene rings is 1. The highest BCUT2D eigenvalue weighted by molar-refractivity contribution is 7.91. The molecule has 0 bridgehead atoms. The summed E-state index contributed by atoms with van der Waals surface area (Å²) >= 11 is 0. The summed E-state index contributed by atoms with van der Waals surface area (Å²) < 4.78 is 26.3. The maximum absolute atomic E-state index is 12.7. The SMILES string of the molecule is CCCCS(=O)(=O)c1ccc(C(=O)c2ccc3n2CCC3C#N)cc1. The van der Waals surface area contributed by atoms with Crippen molar-refractivity contribution in [3.8, 4) is 6.07 Å². The van der Waals surface area contributed by atoms with E-state index in [-0.39, 0.29) is 22.3 Å². The van der Waals surface area contributed by atoms with Gasteiger partial charge in [-0.05, 0) is 49.2 Å². The van der Waals surface area contributed by atoms with Crippen LogP contribution in [0.25, 0.3) is 0 Å². The fraction of sp³-hybridized carbons (Fsp3) is 0.368. The summed E-state index contributed by atoms with van der Waals surface area (Å²) in [6.07, 6.45) is 2.17. The molecule has 5 nitrogen and oxygen atoms in total. The Morgan fingerprint density at radius 3 is 2.60 bits per heavy atom. The lowest BCUT2D eigenvalue weighted by Gasteiger charge is -2.07. The van der Waals surface area contributed by atoms with Gasteiger partial charge in [0, 0.05) is 17.8 Å². The van der Waals surface area contributed by atoms with Crippen molar-refractivity contribution in [2.24, 2.45) is 0 Å². The van der Waals surface area contributed by atoms with E-state index in [0.29, 0.717) is 24.2 Å². The number of rotatable bonds is 6. The summed E-state index contributed by atoms with van der Waals surface area (Å²) in [6, 6.07) is 12.0. The van der Waals surface area contributed by atoms with Gasteiger partial charge in [-0.2, -0.15) is 5.26 Å². The zero-order valence-electron chi connectivity index (χ0n) is 14.1. The molecule has 0 saturated carbocycles. The minimum atomic E-state index is -3.29. The zero-order chi connectivity index (χ0) is 18.0. The number of sulfone groups is 1. The molecule has 130 valence electrons. The number of nitriles is 1. The van der Waals surface area contributed by atoms with E-state index in [0.717, 1.165) is 18.5 Å². The lowest BCUT2D eigenvalue weighted by molar-refractivity contribution is 0.103. The molecule has 1 unspecified atom stereocenters. The Morgan fingerprint density at radius 1 is 1.24 bits per heavy atom. The van der Waals surface area contributed by atoms with Gasteiger partial charge in [-0.15, -0.1) is 0 Å². The normalized spacial score (nSPS) is 16.4. The minimum absolute atomic E-state index is 0.124. The molecule has 25 heavy (non-hydrogen) atoms. The Kier molecular flexibility index (Phi) is 4.78. The number of hydrogen-bond acceptors (Lipinski definition) is 4. The smallest absolute Gasteiger partial charge is 0.209 e. The van der Waals surface area contributed by atoms with Gasteiger partial charge < -0.3 is 4.57 Å². The molecule has 0 fully saturated rings. The van der Waals surface area contributed by atoms with Crippen molar-refractivity contribution >= 4 is 15.6 Å². The lowest BCUT2D eigenvalue weighted by Crippen LogP contribution is -2.10. The first-order valence-electron chi connectivity index (χ1n) is 8.44. The Balaban J connectivity index is 1.84. The van der Waals surface area contributed by atoms with Crippen LogP contribution in [0.1, 0.15) is 53.8 Å². The highest BCUT2D eigenvalue weighted by Crippen LogP contribution is 2.30. The maximum atomic E-state index is 12.7. The number of ketones is 1. The second-order valence-corrected chi connectivity index (χ2v) is 8.40. The van der Waals surface area contributed by atoms with Crippen LogP contribution in [0.15, 0.2) is 41.3 Å².